The lowest BCUT2D eigenvalue weighted by Gasteiger charge is -2.23. The van der Waals surface area contributed by atoms with E-state index in [0.717, 1.165) is 0 Å². The Balaban J connectivity index is 2.93. The Morgan fingerprint density at radius 3 is 2.27 bits per heavy atom. The molecule has 0 aliphatic rings. The summed E-state index contributed by atoms with van der Waals surface area (Å²) >= 11 is 1.57. The van der Waals surface area contributed by atoms with E-state index in [1.165, 1.54) is 19.1 Å². The van der Waals surface area contributed by atoms with Crippen molar-refractivity contribution in [1.82, 2.24) is 10.6 Å². The number of rotatable bonds is 13. The Morgan fingerprint density at radius 1 is 1.13 bits per heavy atom. The molecule has 166 valence electrons. The number of benzene rings is 1. The van der Waals surface area contributed by atoms with Gasteiger partial charge >= 0.3 is 5.97 Å². The second-order valence-corrected chi connectivity index (χ2v) is 8.39. The van der Waals surface area contributed by atoms with Crippen molar-refractivity contribution in [1.29, 1.82) is 0 Å². The number of ether oxygens (including phenoxy) is 1. The van der Waals surface area contributed by atoms with Crippen LogP contribution in [0.2, 0.25) is 0 Å². The van der Waals surface area contributed by atoms with E-state index >= 15 is 0 Å². The molecule has 0 fully saturated rings. The van der Waals surface area contributed by atoms with Crippen LogP contribution < -0.4 is 21.1 Å². The maximum atomic E-state index is 13.0. The molecule has 0 spiro atoms. The Hall–Kier alpha value is -2.39. The molecule has 0 aliphatic heterocycles. The fourth-order valence-electron chi connectivity index (χ4n) is 2.68. The molecule has 30 heavy (non-hydrogen) atoms. The van der Waals surface area contributed by atoms with E-state index in [2.05, 4.69) is 10.6 Å². The number of thioether (sulfide) groups is 1. The Kier molecular flexibility index (Phi) is 11.1. The van der Waals surface area contributed by atoms with Gasteiger partial charge in [0.1, 0.15) is 17.8 Å². The largest absolute Gasteiger partial charge is 0.425 e. The fourth-order valence-corrected chi connectivity index (χ4v) is 3.15. The average molecular weight is 438 g/mol. The van der Waals surface area contributed by atoms with E-state index in [4.69, 9.17) is 10.5 Å². The van der Waals surface area contributed by atoms with Crippen molar-refractivity contribution in [3.05, 3.63) is 29.8 Å². The molecule has 0 radical (unpaired) electrons. The monoisotopic (exact) mass is 437 g/mol. The Labute approximate surface area is 181 Å². The van der Waals surface area contributed by atoms with Crippen LogP contribution in [0.1, 0.15) is 44.0 Å². The summed E-state index contributed by atoms with van der Waals surface area (Å²) in [6.45, 7) is 5.43. The smallest absolute Gasteiger partial charge is 0.328 e. The van der Waals surface area contributed by atoms with Crippen molar-refractivity contribution in [2.24, 2.45) is 11.7 Å². The molecule has 0 aromatic heterocycles. The van der Waals surface area contributed by atoms with Gasteiger partial charge in [0, 0.05) is 5.56 Å². The lowest BCUT2D eigenvalue weighted by Crippen LogP contribution is -2.50. The third-order valence-electron chi connectivity index (χ3n) is 4.27. The summed E-state index contributed by atoms with van der Waals surface area (Å²) in [6, 6.07) is 3.92. The zero-order valence-corrected chi connectivity index (χ0v) is 18.7. The number of carbonyl (C=O) groups is 4. The zero-order chi connectivity index (χ0) is 22.7. The summed E-state index contributed by atoms with van der Waals surface area (Å²) in [5, 5.41) is 5.29. The summed E-state index contributed by atoms with van der Waals surface area (Å²) in [6.07, 6.45) is 3.32. The van der Waals surface area contributed by atoms with Gasteiger partial charge in [-0.2, -0.15) is 11.8 Å². The van der Waals surface area contributed by atoms with Gasteiger partial charge in [-0.3, -0.25) is 14.4 Å². The van der Waals surface area contributed by atoms with E-state index in [-0.39, 0.29) is 17.5 Å². The van der Waals surface area contributed by atoms with Gasteiger partial charge in [-0.25, -0.2) is 4.79 Å². The first-order valence-electron chi connectivity index (χ1n) is 9.80. The third-order valence-corrected chi connectivity index (χ3v) is 4.91. The van der Waals surface area contributed by atoms with Crippen LogP contribution in [0.25, 0.3) is 0 Å². The van der Waals surface area contributed by atoms with Gasteiger partial charge in [-0.05, 0) is 62.0 Å². The molecule has 4 N–H and O–H groups in total. The first-order valence-corrected chi connectivity index (χ1v) is 11.2. The summed E-state index contributed by atoms with van der Waals surface area (Å²) in [5.74, 6) is -0.0733. The number of Topliss-reactive ketones (excluding diaryl/α,β-unsaturated/α-hetero) is 1. The number of hydrogen-bond donors (Lipinski definition) is 3. The third kappa shape index (κ3) is 8.54. The summed E-state index contributed by atoms with van der Waals surface area (Å²) in [7, 11) is 0. The molecule has 2 amide bonds. The van der Waals surface area contributed by atoms with E-state index in [1.807, 2.05) is 20.1 Å². The van der Waals surface area contributed by atoms with Crippen molar-refractivity contribution >= 4 is 35.8 Å². The van der Waals surface area contributed by atoms with Crippen LogP contribution in [-0.2, 0) is 14.4 Å². The molecular weight excluding hydrogens is 406 g/mol. The minimum atomic E-state index is -0.754. The van der Waals surface area contributed by atoms with Gasteiger partial charge in [0.2, 0.25) is 12.3 Å². The minimum absolute atomic E-state index is 0.161. The van der Waals surface area contributed by atoms with Gasteiger partial charge in [0.15, 0.2) is 5.78 Å². The van der Waals surface area contributed by atoms with Crippen LogP contribution in [0.15, 0.2) is 24.3 Å². The molecule has 3 atom stereocenters. The SMILES string of the molecule is CSCC[C@@H](NC=O)C(=O)N[C@H](CC(C)C)C(=O)c1ccc(OC(=O)[C@H](C)N)cc1. The number of esters is 1. The molecule has 8 nitrogen and oxygen atoms in total. The van der Waals surface area contributed by atoms with Crippen molar-refractivity contribution in [3.8, 4) is 5.75 Å². The van der Waals surface area contributed by atoms with Crippen LogP contribution in [0, 0.1) is 5.92 Å². The molecule has 0 heterocycles. The minimum Gasteiger partial charge on any atom is -0.425 e. The molecule has 1 aromatic carbocycles. The van der Waals surface area contributed by atoms with Gasteiger partial charge in [-0.15, -0.1) is 0 Å². The normalized spacial score (nSPS) is 13.8. The van der Waals surface area contributed by atoms with E-state index in [0.29, 0.717) is 30.6 Å². The molecule has 0 saturated carbocycles. The molecular formula is C21H31N3O5S. The van der Waals surface area contributed by atoms with Crippen LogP contribution in [-0.4, -0.2) is 54.2 Å². The fraction of sp³-hybridized carbons (Fsp3) is 0.524. The van der Waals surface area contributed by atoms with Crippen molar-refractivity contribution in [3.63, 3.8) is 0 Å². The summed E-state index contributed by atoms with van der Waals surface area (Å²) < 4.78 is 5.11. The van der Waals surface area contributed by atoms with Gasteiger partial charge < -0.3 is 21.1 Å². The molecule has 9 heteroatoms. The second-order valence-electron chi connectivity index (χ2n) is 7.41. The number of amides is 2. The van der Waals surface area contributed by atoms with Crippen LogP contribution in [0.3, 0.4) is 0 Å². The number of hydrogen-bond acceptors (Lipinski definition) is 7. The summed E-state index contributed by atoms with van der Waals surface area (Å²) in [4.78, 5) is 48.1. The maximum absolute atomic E-state index is 13.0. The predicted molar refractivity (Wildman–Crippen MR) is 117 cm³/mol. The first-order chi connectivity index (χ1) is 14.2. The predicted octanol–water partition coefficient (Wildman–Crippen LogP) is 1.52. The van der Waals surface area contributed by atoms with Crippen LogP contribution in [0.5, 0.6) is 5.75 Å². The van der Waals surface area contributed by atoms with Gasteiger partial charge in [0.05, 0.1) is 6.04 Å². The Morgan fingerprint density at radius 2 is 1.77 bits per heavy atom. The number of ketones is 1. The van der Waals surface area contributed by atoms with Crippen molar-refractivity contribution in [2.45, 2.75) is 51.7 Å². The van der Waals surface area contributed by atoms with E-state index in [9.17, 15) is 19.2 Å². The molecule has 0 unspecified atom stereocenters. The van der Waals surface area contributed by atoms with Crippen molar-refractivity contribution < 1.29 is 23.9 Å². The quantitative estimate of drug-likeness (QED) is 0.185. The molecule has 0 saturated heterocycles. The Bertz CT molecular complexity index is 722. The zero-order valence-electron chi connectivity index (χ0n) is 17.8. The highest BCUT2D eigenvalue weighted by molar-refractivity contribution is 7.98. The molecule has 1 aromatic rings. The van der Waals surface area contributed by atoms with Gasteiger partial charge in [-0.1, -0.05) is 13.8 Å². The van der Waals surface area contributed by atoms with E-state index < -0.39 is 30.0 Å². The van der Waals surface area contributed by atoms with Crippen molar-refractivity contribution in [2.75, 3.05) is 12.0 Å². The highest BCUT2D eigenvalue weighted by Crippen LogP contribution is 2.17. The molecule has 1 rings (SSSR count). The average Bonchev–Trinajstić information content (AvgIpc) is 2.70. The van der Waals surface area contributed by atoms with Crippen LogP contribution in [0.4, 0.5) is 0 Å². The second kappa shape index (κ2) is 13.0. The van der Waals surface area contributed by atoms with E-state index in [1.54, 1.807) is 23.9 Å². The van der Waals surface area contributed by atoms with Gasteiger partial charge in [0.25, 0.3) is 0 Å². The number of carbonyl (C=O) groups excluding carboxylic acids is 4. The first kappa shape index (κ1) is 25.6. The molecule has 0 aliphatic carbocycles. The lowest BCUT2D eigenvalue weighted by atomic mass is 9.95. The highest BCUT2D eigenvalue weighted by atomic mass is 32.2. The summed E-state index contributed by atoms with van der Waals surface area (Å²) in [5.41, 5.74) is 5.85. The number of nitrogens with two attached hydrogens (primary N) is 1. The maximum Gasteiger partial charge on any atom is 0.328 e. The number of nitrogens with one attached hydrogen (secondary N) is 2. The van der Waals surface area contributed by atoms with Crippen LogP contribution >= 0.6 is 11.8 Å². The standard InChI is InChI=1S/C21H31N3O5S/c1-13(2)11-18(24-20(27)17(23-12-25)9-10-30-4)19(26)15-5-7-16(8-6-15)29-21(28)14(3)22/h5-8,12-14,17-18H,9-11,22H2,1-4H3,(H,23,25)(H,24,27)/t14-,17+,18+/m0/s1. The lowest BCUT2D eigenvalue weighted by molar-refractivity contribution is -0.135. The highest BCUT2D eigenvalue weighted by Gasteiger charge is 2.27. The molecule has 0 bridgehead atoms. The topological polar surface area (TPSA) is 128 Å².